The summed E-state index contributed by atoms with van der Waals surface area (Å²) in [5.41, 5.74) is 5.07. The van der Waals surface area contributed by atoms with Gasteiger partial charge in [0.2, 0.25) is 5.91 Å². The van der Waals surface area contributed by atoms with Gasteiger partial charge in [0.05, 0.1) is 5.41 Å². The van der Waals surface area contributed by atoms with Crippen molar-refractivity contribution in [3.8, 4) is 0 Å². The monoisotopic (exact) mass is 242 g/mol. The molecule has 0 unspecified atom stereocenters. The molecule has 1 aliphatic rings. The van der Waals surface area contributed by atoms with Gasteiger partial charge in [0.25, 0.3) is 0 Å². The first-order chi connectivity index (χ1) is 7.86. The highest BCUT2D eigenvalue weighted by Crippen LogP contribution is 2.24. The predicted molar refractivity (Wildman–Crippen MR) is 64.4 cm³/mol. The first kappa shape index (κ1) is 14.0. The second-order valence-corrected chi connectivity index (χ2v) is 5.42. The van der Waals surface area contributed by atoms with Gasteiger partial charge in [-0.2, -0.15) is 0 Å². The lowest BCUT2D eigenvalue weighted by molar-refractivity contribution is -0.142. The van der Waals surface area contributed by atoms with Crippen molar-refractivity contribution < 1.29 is 14.7 Å². The molecule has 0 bridgehead atoms. The normalized spacial score (nSPS) is 18.2. The average Bonchev–Trinajstić information content (AvgIpc) is 2.28. The van der Waals surface area contributed by atoms with Crippen LogP contribution in [0.25, 0.3) is 0 Å². The minimum Gasteiger partial charge on any atom is -0.481 e. The topological polar surface area (TPSA) is 83.6 Å². The third kappa shape index (κ3) is 3.70. The number of nitrogens with two attached hydrogens (primary N) is 1. The molecule has 0 aromatic heterocycles. The maximum atomic E-state index is 12.1. The summed E-state index contributed by atoms with van der Waals surface area (Å²) >= 11 is 0. The van der Waals surface area contributed by atoms with Crippen LogP contribution in [0.5, 0.6) is 0 Å². The van der Waals surface area contributed by atoms with Crippen LogP contribution < -0.4 is 5.73 Å². The number of likely N-dealkylation sites (tertiary alicyclic amines) is 1. The van der Waals surface area contributed by atoms with Crippen LogP contribution in [0.3, 0.4) is 0 Å². The fourth-order valence-corrected chi connectivity index (χ4v) is 2.10. The van der Waals surface area contributed by atoms with Crippen molar-refractivity contribution in [2.24, 2.45) is 17.1 Å². The van der Waals surface area contributed by atoms with Gasteiger partial charge in [0, 0.05) is 26.1 Å². The van der Waals surface area contributed by atoms with Gasteiger partial charge in [-0.05, 0) is 32.6 Å². The predicted octanol–water partition coefficient (Wildman–Crippen LogP) is 0.685. The third-order valence-corrected chi connectivity index (χ3v) is 3.45. The number of carboxylic acids is 1. The highest BCUT2D eigenvalue weighted by atomic mass is 16.4. The Kier molecular flexibility index (Phi) is 4.51. The zero-order chi connectivity index (χ0) is 13.1. The Morgan fingerprint density at radius 1 is 1.35 bits per heavy atom. The second kappa shape index (κ2) is 5.49. The van der Waals surface area contributed by atoms with Crippen molar-refractivity contribution in [3.63, 3.8) is 0 Å². The molecule has 0 aliphatic carbocycles. The van der Waals surface area contributed by atoms with E-state index in [-0.39, 0.29) is 18.2 Å². The molecule has 0 atom stereocenters. The molecule has 5 nitrogen and oxygen atoms in total. The molecular weight excluding hydrogens is 220 g/mol. The van der Waals surface area contributed by atoms with Crippen LogP contribution in [0.15, 0.2) is 0 Å². The smallest absolute Gasteiger partial charge is 0.303 e. The number of nitrogens with zero attached hydrogens (tertiary/aromatic N) is 1. The van der Waals surface area contributed by atoms with E-state index in [2.05, 4.69) is 0 Å². The molecule has 1 rings (SSSR count). The standard InChI is InChI=1S/C12H22N2O3/c1-12(2,8-13)11(17)14-5-3-9(4-6-14)7-10(15)16/h9H,3-8,13H2,1-2H3,(H,15,16). The molecule has 1 aliphatic heterocycles. The second-order valence-electron chi connectivity index (χ2n) is 5.42. The molecule has 0 radical (unpaired) electrons. The Morgan fingerprint density at radius 2 is 1.88 bits per heavy atom. The van der Waals surface area contributed by atoms with Crippen LogP contribution in [0.1, 0.15) is 33.1 Å². The Hall–Kier alpha value is -1.10. The van der Waals surface area contributed by atoms with E-state index in [0.717, 1.165) is 12.8 Å². The lowest BCUT2D eigenvalue weighted by atomic mass is 9.88. The number of amides is 1. The van der Waals surface area contributed by atoms with E-state index in [0.29, 0.717) is 19.6 Å². The SMILES string of the molecule is CC(C)(CN)C(=O)N1CCC(CC(=O)O)CC1. The first-order valence-corrected chi connectivity index (χ1v) is 6.08. The highest BCUT2D eigenvalue weighted by Gasteiger charge is 2.33. The van der Waals surface area contributed by atoms with Crippen molar-refractivity contribution in [1.82, 2.24) is 4.90 Å². The van der Waals surface area contributed by atoms with Gasteiger partial charge in [-0.3, -0.25) is 9.59 Å². The number of carbonyl (C=O) groups excluding carboxylic acids is 1. The van der Waals surface area contributed by atoms with E-state index in [1.807, 2.05) is 18.7 Å². The van der Waals surface area contributed by atoms with Gasteiger partial charge in [-0.1, -0.05) is 0 Å². The average molecular weight is 242 g/mol. The quantitative estimate of drug-likeness (QED) is 0.759. The number of carbonyl (C=O) groups is 2. The van der Waals surface area contributed by atoms with Crippen LogP contribution in [0, 0.1) is 11.3 Å². The molecule has 0 aromatic rings. The molecular formula is C12H22N2O3. The van der Waals surface area contributed by atoms with Crippen molar-refractivity contribution in [1.29, 1.82) is 0 Å². The zero-order valence-electron chi connectivity index (χ0n) is 10.6. The number of piperidine rings is 1. The Morgan fingerprint density at radius 3 is 2.29 bits per heavy atom. The molecule has 5 heteroatoms. The summed E-state index contributed by atoms with van der Waals surface area (Å²) < 4.78 is 0. The van der Waals surface area contributed by atoms with Gasteiger partial charge in [-0.25, -0.2) is 0 Å². The lowest BCUT2D eigenvalue weighted by Gasteiger charge is -2.36. The van der Waals surface area contributed by atoms with Crippen LogP contribution in [-0.2, 0) is 9.59 Å². The number of rotatable bonds is 4. The van der Waals surface area contributed by atoms with Crippen LogP contribution in [-0.4, -0.2) is 41.5 Å². The summed E-state index contributed by atoms with van der Waals surface area (Å²) in [4.78, 5) is 24.5. The fourth-order valence-electron chi connectivity index (χ4n) is 2.10. The first-order valence-electron chi connectivity index (χ1n) is 6.08. The molecule has 1 saturated heterocycles. The van der Waals surface area contributed by atoms with Crippen molar-refractivity contribution in [2.75, 3.05) is 19.6 Å². The summed E-state index contributed by atoms with van der Waals surface area (Å²) in [6.45, 7) is 5.33. The largest absolute Gasteiger partial charge is 0.481 e. The van der Waals surface area contributed by atoms with Crippen LogP contribution in [0.2, 0.25) is 0 Å². The molecule has 1 heterocycles. The van der Waals surface area contributed by atoms with Crippen molar-refractivity contribution in [2.45, 2.75) is 33.1 Å². The third-order valence-electron chi connectivity index (χ3n) is 3.45. The van der Waals surface area contributed by atoms with E-state index >= 15 is 0 Å². The highest BCUT2D eigenvalue weighted by molar-refractivity contribution is 5.82. The minimum atomic E-state index is -0.753. The Labute approximate surface area is 102 Å². The van der Waals surface area contributed by atoms with Gasteiger partial charge in [-0.15, -0.1) is 0 Å². The molecule has 0 aromatic carbocycles. The molecule has 1 fully saturated rings. The van der Waals surface area contributed by atoms with E-state index < -0.39 is 11.4 Å². The summed E-state index contributed by atoms with van der Waals surface area (Å²) in [6, 6.07) is 0. The van der Waals surface area contributed by atoms with Gasteiger partial charge >= 0.3 is 5.97 Å². The number of carboxylic acid groups (broad SMARTS) is 1. The van der Waals surface area contributed by atoms with Gasteiger partial charge in [0.1, 0.15) is 0 Å². The summed E-state index contributed by atoms with van der Waals surface area (Å²) in [5, 5.41) is 8.71. The molecule has 0 spiro atoms. The Bertz CT molecular complexity index is 294. The molecule has 0 saturated carbocycles. The summed E-state index contributed by atoms with van der Waals surface area (Å²) in [7, 11) is 0. The lowest BCUT2D eigenvalue weighted by Crippen LogP contribution is -2.47. The maximum Gasteiger partial charge on any atom is 0.303 e. The molecule has 1 amide bonds. The fraction of sp³-hybridized carbons (Fsp3) is 0.833. The summed E-state index contributed by atoms with van der Waals surface area (Å²) in [6.07, 6.45) is 1.76. The van der Waals surface area contributed by atoms with E-state index in [1.165, 1.54) is 0 Å². The van der Waals surface area contributed by atoms with E-state index in [4.69, 9.17) is 10.8 Å². The van der Waals surface area contributed by atoms with Crippen LogP contribution in [0.4, 0.5) is 0 Å². The van der Waals surface area contributed by atoms with Gasteiger partial charge in [0.15, 0.2) is 0 Å². The number of hydrogen-bond donors (Lipinski definition) is 2. The Balaban J connectivity index is 2.47. The summed E-state index contributed by atoms with van der Waals surface area (Å²) in [5.74, 6) is -0.469. The molecule has 3 N–H and O–H groups in total. The van der Waals surface area contributed by atoms with Crippen molar-refractivity contribution >= 4 is 11.9 Å². The van der Waals surface area contributed by atoms with Crippen LogP contribution >= 0.6 is 0 Å². The maximum absolute atomic E-state index is 12.1. The van der Waals surface area contributed by atoms with E-state index in [1.54, 1.807) is 0 Å². The van der Waals surface area contributed by atoms with Crippen molar-refractivity contribution in [3.05, 3.63) is 0 Å². The number of hydrogen-bond acceptors (Lipinski definition) is 3. The molecule has 17 heavy (non-hydrogen) atoms. The van der Waals surface area contributed by atoms with E-state index in [9.17, 15) is 9.59 Å². The molecule has 98 valence electrons. The minimum absolute atomic E-state index is 0.0776. The van der Waals surface area contributed by atoms with Gasteiger partial charge < -0.3 is 15.7 Å². The number of aliphatic carboxylic acids is 1. The zero-order valence-corrected chi connectivity index (χ0v) is 10.6.